The van der Waals surface area contributed by atoms with Crippen LogP contribution in [0.5, 0.6) is 0 Å². The molecule has 1 rings (SSSR count). The number of aliphatic hydroxyl groups is 2. The van der Waals surface area contributed by atoms with Gasteiger partial charge in [0.05, 0.1) is 6.61 Å². The van der Waals surface area contributed by atoms with Crippen LogP contribution in [0.25, 0.3) is 0 Å². The molecule has 1 aliphatic heterocycles. The molecular formula is C57H96O12. The fraction of sp³-hybridized carbons (Fsp3) is 0.754. The minimum absolute atomic E-state index is 0.0594. The van der Waals surface area contributed by atoms with E-state index in [0.717, 1.165) is 96.3 Å². The molecule has 12 heteroatoms. The number of ether oxygens (including phenoxy) is 5. The van der Waals surface area contributed by atoms with Gasteiger partial charge in [-0.15, -0.1) is 0 Å². The number of aliphatic carboxylic acids is 1. The van der Waals surface area contributed by atoms with Gasteiger partial charge in [-0.1, -0.05) is 204 Å². The predicted molar refractivity (Wildman–Crippen MR) is 275 cm³/mol. The predicted octanol–water partition coefficient (Wildman–Crippen LogP) is 13.2. The molecule has 6 atom stereocenters. The topological polar surface area (TPSA) is 175 Å². The first-order chi connectivity index (χ1) is 33.6. The van der Waals surface area contributed by atoms with Crippen molar-refractivity contribution in [3.8, 4) is 0 Å². The molecule has 69 heavy (non-hydrogen) atoms. The van der Waals surface area contributed by atoms with E-state index in [2.05, 4.69) is 81.5 Å². The molecule has 1 fully saturated rings. The molecule has 0 aromatic carbocycles. The second-order valence-corrected chi connectivity index (χ2v) is 18.5. The largest absolute Gasteiger partial charge is 0.479 e. The van der Waals surface area contributed by atoms with E-state index >= 15 is 0 Å². The van der Waals surface area contributed by atoms with E-state index in [0.29, 0.717) is 19.3 Å². The third kappa shape index (κ3) is 36.1. The Morgan fingerprint density at radius 1 is 0.493 bits per heavy atom. The van der Waals surface area contributed by atoms with E-state index in [-0.39, 0.29) is 25.9 Å². The zero-order valence-corrected chi connectivity index (χ0v) is 43.3. The summed E-state index contributed by atoms with van der Waals surface area (Å²) in [6.07, 6.45) is 42.2. The highest BCUT2D eigenvalue weighted by atomic mass is 16.7. The first-order valence-electron chi connectivity index (χ1n) is 27.3. The van der Waals surface area contributed by atoms with Crippen LogP contribution in [0, 0.1) is 0 Å². The average molecular weight is 973 g/mol. The number of allylic oxidation sites excluding steroid dienone is 10. The third-order valence-corrected chi connectivity index (χ3v) is 12.1. The van der Waals surface area contributed by atoms with E-state index in [1.54, 1.807) is 0 Å². The molecule has 0 radical (unpaired) electrons. The quantitative estimate of drug-likeness (QED) is 0.0228. The number of unbranched alkanes of at least 4 members (excludes halogenated alkanes) is 21. The summed E-state index contributed by atoms with van der Waals surface area (Å²) in [7, 11) is 0. The summed E-state index contributed by atoms with van der Waals surface area (Å²) in [5.74, 6) is -3.16. The number of hydrogen-bond acceptors (Lipinski definition) is 11. The van der Waals surface area contributed by atoms with Crippen LogP contribution in [0.15, 0.2) is 60.8 Å². The summed E-state index contributed by atoms with van der Waals surface area (Å²) < 4.78 is 28.2. The second kappa shape index (κ2) is 45.6. The highest BCUT2D eigenvalue weighted by Crippen LogP contribution is 2.26. The zero-order chi connectivity index (χ0) is 50.4. The lowest BCUT2D eigenvalue weighted by Gasteiger charge is -2.40. The molecule has 1 heterocycles. The number of carbonyl (C=O) groups excluding carboxylic acids is 3. The lowest BCUT2D eigenvalue weighted by Crippen LogP contribution is -2.61. The second-order valence-electron chi connectivity index (χ2n) is 18.5. The van der Waals surface area contributed by atoms with Gasteiger partial charge in [-0.25, -0.2) is 4.79 Å². The van der Waals surface area contributed by atoms with Crippen molar-refractivity contribution in [3.05, 3.63) is 60.8 Å². The SMILES string of the molecule is CC/C=C\C/C=C\C/C=C\C/C=C\C/C=C\CCCCCC(=O)OCC(COC1OC(C(=O)O)C(O)C(O)C1OC(=O)CCCCCCCCCCCCC)OC(=O)CCCCCCCCCCC. The number of aliphatic hydroxyl groups excluding tert-OH is 2. The van der Waals surface area contributed by atoms with Crippen molar-refractivity contribution in [1.29, 1.82) is 0 Å². The molecule has 0 bridgehead atoms. The van der Waals surface area contributed by atoms with Crippen LogP contribution in [-0.2, 0) is 42.9 Å². The maximum Gasteiger partial charge on any atom is 0.335 e. The smallest absolute Gasteiger partial charge is 0.335 e. The minimum atomic E-state index is -1.90. The van der Waals surface area contributed by atoms with Crippen molar-refractivity contribution in [2.24, 2.45) is 0 Å². The molecular weight excluding hydrogens is 877 g/mol. The molecule has 0 aromatic heterocycles. The molecule has 0 amide bonds. The van der Waals surface area contributed by atoms with Gasteiger partial charge in [0, 0.05) is 19.3 Å². The third-order valence-electron chi connectivity index (χ3n) is 12.1. The molecule has 12 nitrogen and oxygen atoms in total. The summed E-state index contributed by atoms with van der Waals surface area (Å²) >= 11 is 0. The number of rotatable bonds is 45. The van der Waals surface area contributed by atoms with Crippen LogP contribution in [0.1, 0.15) is 226 Å². The summed E-state index contributed by atoms with van der Waals surface area (Å²) in [5, 5.41) is 31.3. The first kappa shape index (κ1) is 63.4. The Morgan fingerprint density at radius 3 is 1.39 bits per heavy atom. The molecule has 0 aliphatic carbocycles. The lowest BCUT2D eigenvalue weighted by atomic mass is 9.98. The van der Waals surface area contributed by atoms with Crippen LogP contribution in [0.4, 0.5) is 0 Å². The number of carbonyl (C=O) groups is 4. The molecule has 1 saturated heterocycles. The standard InChI is InChI=1S/C57H96O12/c1-4-7-10-13-16-19-21-22-23-24-25-26-27-28-30-32-34-37-40-43-49(58)65-46-48(67-50(59)44-41-38-35-31-18-15-12-9-6-3)47-66-57-55(53(62)52(61)54(69-57)56(63)64)68-51(60)45-42-39-36-33-29-20-17-14-11-8-5-2/h7,10,16,19,22-23,25-26,28,30,48,52-55,57,61-62H,4-6,8-9,11-15,17-18,20-21,24,27,29,31-47H2,1-3H3,(H,63,64)/b10-7-,19-16-,23-22-,26-25-,30-28-. The van der Waals surface area contributed by atoms with Crippen LogP contribution < -0.4 is 0 Å². The normalized spacial score (nSPS) is 19.1. The van der Waals surface area contributed by atoms with Gasteiger partial charge in [0.2, 0.25) is 0 Å². The van der Waals surface area contributed by atoms with E-state index in [1.165, 1.54) is 70.6 Å². The fourth-order valence-electron chi connectivity index (χ4n) is 7.92. The minimum Gasteiger partial charge on any atom is -0.479 e. The van der Waals surface area contributed by atoms with E-state index in [4.69, 9.17) is 23.7 Å². The van der Waals surface area contributed by atoms with Crippen molar-refractivity contribution in [3.63, 3.8) is 0 Å². The van der Waals surface area contributed by atoms with Crippen molar-refractivity contribution < 1.29 is 58.2 Å². The van der Waals surface area contributed by atoms with Crippen molar-refractivity contribution >= 4 is 23.9 Å². The number of hydrogen-bond donors (Lipinski definition) is 3. The van der Waals surface area contributed by atoms with Crippen molar-refractivity contribution in [2.45, 2.75) is 263 Å². The Kier molecular flexibility index (Phi) is 41.9. The summed E-state index contributed by atoms with van der Waals surface area (Å²) in [4.78, 5) is 50.8. The van der Waals surface area contributed by atoms with Gasteiger partial charge in [0.25, 0.3) is 0 Å². The molecule has 396 valence electrons. The molecule has 1 aliphatic rings. The Labute approximate surface area is 417 Å². The van der Waals surface area contributed by atoms with Crippen LogP contribution >= 0.6 is 0 Å². The van der Waals surface area contributed by atoms with Crippen molar-refractivity contribution in [2.75, 3.05) is 13.2 Å². The monoisotopic (exact) mass is 973 g/mol. The number of carboxylic acids is 1. The highest BCUT2D eigenvalue weighted by molar-refractivity contribution is 5.74. The average Bonchev–Trinajstić information content (AvgIpc) is 3.33. The molecule has 3 N–H and O–H groups in total. The van der Waals surface area contributed by atoms with Gasteiger partial charge >= 0.3 is 23.9 Å². The van der Waals surface area contributed by atoms with E-state index in [9.17, 15) is 34.5 Å². The number of carboxylic acid groups (broad SMARTS) is 1. The van der Waals surface area contributed by atoms with Gasteiger partial charge in [-0.3, -0.25) is 14.4 Å². The van der Waals surface area contributed by atoms with Crippen LogP contribution in [0.3, 0.4) is 0 Å². The summed E-state index contributed by atoms with van der Waals surface area (Å²) in [6.45, 7) is 5.79. The van der Waals surface area contributed by atoms with E-state index in [1.807, 2.05) is 0 Å². The Balaban J connectivity index is 2.69. The molecule has 6 unspecified atom stereocenters. The first-order valence-corrected chi connectivity index (χ1v) is 27.3. The van der Waals surface area contributed by atoms with Gasteiger partial charge in [-0.2, -0.15) is 0 Å². The van der Waals surface area contributed by atoms with Crippen LogP contribution in [0.2, 0.25) is 0 Å². The highest BCUT2D eigenvalue weighted by Gasteiger charge is 2.50. The Hall–Kier alpha value is -3.58. The maximum atomic E-state index is 13.0. The van der Waals surface area contributed by atoms with Gasteiger partial charge in [0.1, 0.15) is 18.8 Å². The van der Waals surface area contributed by atoms with Gasteiger partial charge in [0.15, 0.2) is 24.6 Å². The van der Waals surface area contributed by atoms with Gasteiger partial charge < -0.3 is 39.0 Å². The summed E-state index contributed by atoms with van der Waals surface area (Å²) in [6, 6.07) is 0. The van der Waals surface area contributed by atoms with Crippen LogP contribution in [-0.4, -0.2) is 89.2 Å². The molecule has 0 saturated carbocycles. The van der Waals surface area contributed by atoms with Crippen molar-refractivity contribution in [1.82, 2.24) is 0 Å². The summed E-state index contributed by atoms with van der Waals surface area (Å²) in [5.41, 5.74) is 0. The Bertz CT molecular complexity index is 1440. The number of esters is 3. The Morgan fingerprint density at radius 2 is 0.913 bits per heavy atom. The zero-order valence-electron chi connectivity index (χ0n) is 43.3. The fourth-order valence-corrected chi connectivity index (χ4v) is 7.92. The lowest BCUT2D eigenvalue weighted by molar-refractivity contribution is -0.301. The van der Waals surface area contributed by atoms with Gasteiger partial charge in [-0.05, 0) is 64.2 Å². The molecule has 0 spiro atoms. The molecule has 0 aromatic rings. The van der Waals surface area contributed by atoms with E-state index < -0.39 is 67.3 Å². The maximum absolute atomic E-state index is 13.0.